The van der Waals surface area contributed by atoms with Crippen LogP contribution in [-0.2, 0) is 9.59 Å². The SMILES string of the molecule is CC(CN(C)C1CCN(c2ccc(Cl)c(F)c2)C1=O)C(=O)O. The van der Waals surface area contributed by atoms with Gasteiger partial charge in [0.25, 0.3) is 0 Å². The number of aliphatic carboxylic acids is 1. The summed E-state index contributed by atoms with van der Waals surface area (Å²) in [5.74, 6) is -2.17. The Hall–Kier alpha value is -1.66. The van der Waals surface area contributed by atoms with Gasteiger partial charge in [-0.25, -0.2) is 4.39 Å². The monoisotopic (exact) mass is 328 g/mol. The first-order valence-corrected chi connectivity index (χ1v) is 7.38. The fourth-order valence-electron chi connectivity index (χ4n) is 2.62. The van der Waals surface area contributed by atoms with E-state index in [1.165, 1.54) is 17.0 Å². The number of hydrogen-bond donors (Lipinski definition) is 1. The molecule has 2 rings (SSSR count). The Balaban J connectivity index is 2.09. The molecule has 1 fully saturated rings. The van der Waals surface area contributed by atoms with Crippen LogP contribution in [0.2, 0.25) is 5.02 Å². The van der Waals surface area contributed by atoms with Crippen LogP contribution in [0.3, 0.4) is 0 Å². The van der Waals surface area contributed by atoms with Gasteiger partial charge >= 0.3 is 5.97 Å². The summed E-state index contributed by atoms with van der Waals surface area (Å²) in [7, 11) is 1.73. The molecule has 0 spiro atoms. The molecule has 0 bridgehead atoms. The summed E-state index contributed by atoms with van der Waals surface area (Å²) in [4.78, 5) is 26.6. The molecule has 1 aromatic rings. The zero-order valence-electron chi connectivity index (χ0n) is 12.4. The molecular formula is C15H18ClFN2O3. The van der Waals surface area contributed by atoms with Crippen molar-refractivity contribution in [2.24, 2.45) is 5.92 Å². The third kappa shape index (κ3) is 3.39. The molecule has 120 valence electrons. The first-order chi connectivity index (χ1) is 10.3. The molecule has 7 heteroatoms. The van der Waals surface area contributed by atoms with Crippen molar-refractivity contribution < 1.29 is 19.1 Å². The normalized spacial score (nSPS) is 19.8. The predicted octanol–water partition coefficient (Wildman–Crippen LogP) is 2.24. The van der Waals surface area contributed by atoms with E-state index in [1.54, 1.807) is 24.9 Å². The molecule has 5 nitrogen and oxygen atoms in total. The highest BCUT2D eigenvalue weighted by Crippen LogP contribution is 2.27. The summed E-state index contributed by atoms with van der Waals surface area (Å²) in [6.07, 6.45) is 0.575. The number of anilines is 1. The van der Waals surface area contributed by atoms with E-state index in [2.05, 4.69) is 0 Å². The number of carboxylic acid groups (broad SMARTS) is 1. The Bertz CT molecular complexity index is 596. The van der Waals surface area contributed by atoms with Crippen LogP contribution < -0.4 is 4.90 Å². The van der Waals surface area contributed by atoms with Crippen LogP contribution in [0, 0.1) is 11.7 Å². The van der Waals surface area contributed by atoms with Gasteiger partial charge < -0.3 is 10.0 Å². The summed E-state index contributed by atoms with van der Waals surface area (Å²) >= 11 is 5.65. The maximum Gasteiger partial charge on any atom is 0.307 e. The lowest BCUT2D eigenvalue weighted by Gasteiger charge is -2.25. The van der Waals surface area contributed by atoms with Gasteiger partial charge in [0.05, 0.1) is 17.0 Å². The molecule has 1 heterocycles. The van der Waals surface area contributed by atoms with E-state index >= 15 is 0 Å². The quantitative estimate of drug-likeness (QED) is 0.900. The summed E-state index contributed by atoms with van der Waals surface area (Å²) in [5.41, 5.74) is 0.467. The van der Waals surface area contributed by atoms with E-state index in [0.717, 1.165) is 0 Å². The van der Waals surface area contributed by atoms with Crippen molar-refractivity contribution in [2.45, 2.75) is 19.4 Å². The molecule has 0 saturated carbocycles. The molecule has 1 aliphatic heterocycles. The number of carbonyl (C=O) groups is 2. The van der Waals surface area contributed by atoms with Gasteiger partial charge in [-0.3, -0.25) is 14.5 Å². The molecule has 22 heavy (non-hydrogen) atoms. The summed E-state index contributed by atoms with van der Waals surface area (Å²) in [6, 6.07) is 3.87. The molecule has 0 aromatic heterocycles. The lowest BCUT2D eigenvalue weighted by molar-refractivity contribution is -0.142. The molecule has 1 N–H and O–H groups in total. The number of hydrogen-bond acceptors (Lipinski definition) is 3. The number of carbonyl (C=O) groups excluding carboxylic acids is 1. The van der Waals surface area contributed by atoms with Gasteiger partial charge in [0, 0.05) is 18.8 Å². The van der Waals surface area contributed by atoms with E-state index < -0.39 is 17.7 Å². The van der Waals surface area contributed by atoms with Crippen LogP contribution >= 0.6 is 11.6 Å². The predicted molar refractivity (Wildman–Crippen MR) is 81.6 cm³/mol. The first-order valence-electron chi connectivity index (χ1n) is 7.00. The minimum absolute atomic E-state index is 0.0133. The first kappa shape index (κ1) is 16.7. The molecule has 2 unspecified atom stereocenters. The van der Waals surface area contributed by atoms with Crippen molar-refractivity contribution in [1.82, 2.24) is 4.90 Å². The fraction of sp³-hybridized carbons (Fsp3) is 0.467. The van der Waals surface area contributed by atoms with Crippen LogP contribution in [0.15, 0.2) is 18.2 Å². The Morgan fingerprint density at radius 3 is 2.86 bits per heavy atom. The van der Waals surface area contributed by atoms with Crippen molar-refractivity contribution in [3.05, 3.63) is 29.0 Å². The van der Waals surface area contributed by atoms with Gasteiger partial charge in [0.2, 0.25) is 5.91 Å². The van der Waals surface area contributed by atoms with Crippen LogP contribution in [0.1, 0.15) is 13.3 Å². The highest BCUT2D eigenvalue weighted by atomic mass is 35.5. The van der Waals surface area contributed by atoms with Crippen molar-refractivity contribution in [2.75, 3.05) is 25.0 Å². The average Bonchev–Trinajstić information content (AvgIpc) is 2.83. The highest BCUT2D eigenvalue weighted by Gasteiger charge is 2.36. The number of amides is 1. The minimum Gasteiger partial charge on any atom is -0.481 e. The minimum atomic E-state index is -0.895. The molecule has 1 aliphatic rings. The molecule has 2 atom stereocenters. The number of benzene rings is 1. The van der Waals surface area contributed by atoms with Crippen molar-refractivity contribution in [3.63, 3.8) is 0 Å². The van der Waals surface area contributed by atoms with Crippen molar-refractivity contribution in [1.29, 1.82) is 0 Å². The zero-order valence-corrected chi connectivity index (χ0v) is 13.2. The standard InChI is InChI=1S/C15H18ClFN2O3/c1-9(15(21)22)8-18(2)13-5-6-19(14(13)20)10-3-4-11(16)12(17)7-10/h3-4,7,9,13H,5-6,8H2,1-2H3,(H,21,22). The molecular weight excluding hydrogens is 311 g/mol. The van der Waals surface area contributed by atoms with Gasteiger partial charge in [-0.2, -0.15) is 0 Å². The number of likely N-dealkylation sites (N-methyl/N-ethyl adjacent to an activating group) is 1. The molecule has 0 aliphatic carbocycles. The topological polar surface area (TPSA) is 60.9 Å². The van der Waals surface area contributed by atoms with Crippen molar-refractivity contribution >= 4 is 29.2 Å². The molecule has 1 amide bonds. The highest BCUT2D eigenvalue weighted by molar-refractivity contribution is 6.30. The number of halogens is 2. The van der Waals surface area contributed by atoms with Gasteiger partial charge in [-0.05, 0) is 31.7 Å². The Morgan fingerprint density at radius 2 is 2.27 bits per heavy atom. The Morgan fingerprint density at radius 1 is 1.59 bits per heavy atom. The van der Waals surface area contributed by atoms with Crippen LogP contribution in [-0.4, -0.2) is 48.1 Å². The van der Waals surface area contributed by atoms with Gasteiger partial charge in [-0.15, -0.1) is 0 Å². The summed E-state index contributed by atoms with van der Waals surface area (Å²) in [5, 5.41) is 8.96. The molecule has 0 radical (unpaired) electrons. The van der Waals surface area contributed by atoms with Gasteiger partial charge in [0.1, 0.15) is 5.82 Å². The summed E-state index contributed by atoms with van der Waals surface area (Å²) < 4.78 is 13.5. The van der Waals surface area contributed by atoms with E-state index in [4.69, 9.17) is 16.7 Å². The van der Waals surface area contributed by atoms with Crippen LogP contribution in [0.4, 0.5) is 10.1 Å². The third-order valence-electron chi connectivity index (χ3n) is 3.91. The lowest BCUT2D eigenvalue weighted by atomic mass is 10.1. The molecule has 1 saturated heterocycles. The Labute approximate surface area is 133 Å². The lowest BCUT2D eigenvalue weighted by Crippen LogP contribution is -2.42. The van der Waals surface area contributed by atoms with E-state index in [0.29, 0.717) is 18.7 Å². The number of rotatable bonds is 5. The second-order valence-corrected chi connectivity index (χ2v) is 5.98. The van der Waals surface area contributed by atoms with Gasteiger partial charge in [0.15, 0.2) is 0 Å². The smallest absolute Gasteiger partial charge is 0.307 e. The number of nitrogens with zero attached hydrogens (tertiary/aromatic N) is 2. The van der Waals surface area contributed by atoms with E-state index in [-0.39, 0.29) is 23.5 Å². The van der Waals surface area contributed by atoms with Crippen LogP contribution in [0.25, 0.3) is 0 Å². The molecule has 1 aromatic carbocycles. The second-order valence-electron chi connectivity index (χ2n) is 5.57. The van der Waals surface area contributed by atoms with Gasteiger partial charge in [-0.1, -0.05) is 18.5 Å². The fourth-order valence-corrected chi connectivity index (χ4v) is 2.74. The number of carboxylic acids is 1. The second kappa shape index (κ2) is 6.62. The summed E-state index contributed by atoms with van der Waals surface area (Å²) in [6.45, 7) is 2.36. The Kier molecular flexibility index (Phi) is 5.03. The van der Waals surface area contributed by atoms with E-state index in [9.17, 15) is 14.0 Å². The van der Waals surface area contributed by atoms with E-state index in [1.807, 2.05) is 0 Å². The maximum absolute atomic E-state index is 13.5. The largest absolute Gasteiger partial charge is 0.481 e. The third-order valence-corrected chi connectivity index (χ3v) is 4.21. The zero-order chi connectivity index (χ0) is 16.4. The van der Waals surface area contributed by atoms with Crippen LogP contribution in [0.5, 0.6) is 0 Å². The average molecular weight is 329 g/mol. The maximum atomic E-state index is 13.5. The van der Waals surface area contributed by atoms with Crippen molar-refractivity contribution in [3.8, 4) is 0 Å².